The van der Waals surface area contributed by atoms with Gasteiger partial charge in [0.2, 0.25) is 5.95 Å². The van der Waals surface area contributed by atoms with Crippen LogP contribution in [0.5, 0.6) is 0 Å². The van der Waals surface area contributed by atoms with Crippen LogP contribution in [0.25, 0.3) is 5.57 Å². The molecule has 7 nitrogen and oxygen atoms in total. The van der Waals surface area contributed by atoms with E-state index in [9.17, 15) is 0 Å². The standard InChI is InChI=1S/C27H36N6O/c1-5-34-18-8-16-33(4)17-13-22-10-11-24(20(2)19-22)31-27-30-15-12-25(32-27)21(3)23-9-6-7-14-29-26(23)28/h7,9-12,14-15,19H,3,5-6,8,13,16-18H2,1-2,4H3,(H2,28,29)(H,30,31,32). The van der Waals surface area contributed by atoms with Gasteiger partial charge in [-0.2, -0.15) is 0 Å². The molecule has 180 valence electrons. The Morgan fingerprint density at radius 1 is 1.26 bits per heavy atom. The van der Waals surface area contributed by atoms with Gasteiger partial charge in [-0.3, -0.25) is 0 Å². The molecule has 1 aliphatic heterocycles. The Hall–Kier alpha value is -3.29. The van der Waals surface area contributed by atoms with E-state index in [0.29, 0.717) is 17.5 Å². The summed E-state index contributed by atoms with van der Waals surface area (Å²) in [4.78, 5) is 15.6. The molecular formula is C27H36N6O. The third-order valence-electron chi connectivity index (χ3n) is 5.70. The third-order valence-corrected chi connectivity index (χ3v) is 5.70. The van der Waals surface area contributed by atoms with Crippen molar-refractivity contribution in [3.63, 3.8) is 0 Å². The van der Waals surface area contributed by atoms with Gasteiger partial charge in [0.15, 0.2) is 0 Å². The van der Waals surface area contributed by atoms with E-state index in [1.54, 1.807) is 12.4 Å². The van der Waals surface area contributed by atoms with E-state index in [4.69, 9.17) is 10.5 Å². The van der Waals surface area contributed by atoms with Crippen LogP contribution in [0.4, 0.5) is 11.6 Å². The second-order valence-electron chi connectivity index (χ2n) is 8.37. The highest BCUT2D eigenvalue weighted by Crippen LogP contribution is 2.24. The van der Waals surface area contributed by atoms with Crippen LogP contribution in [0.3, 0.4) is 0 Å². The number of nitrogens with two attached hydrogens (primary N) is 1. The lowest BCUT2D eigenvalue weighted by atomic mass is 10.0. The topological polar surface area (TPSA) is 88.7 Å². The van der Waals surface area contributed by atoms with Crippen molar-refractivity contribution in [2.75, 3.05) is 38.7 Å². The highest BCUT2D eigenvalue weighted by Gasteiger charge is 2.13. The fourth-order valence-electron chi connectivity index (χ4n) is 3.71. The number of aryl methyl sites for hydroxylation is 1. The molecular weight excluding hydrogens is 424 g/mol. The monoisotopic (exact) mass is 460 g/mol. The average Bonchev–Trinajstić information content (AvgIpc) is 3.06. The fourth-order valence-corrected chi connectivity index (χ4v) is 3.71. The molecule has 0 saturated heterocycles. The molecule has 7 heteroatoms. The molecule has 0 aliphatic carbocycles. The minimum Gasteiger partial charge on any atom is -0.383 e. The number of nitrogens with zero attached hydrogens (tertiary/aromatic N) is 4. The van der Waals surface area contributed by atoms with Gasteiger partial charge in [0.25, 0.3) is 0 Å². The number of likely N-dealkylation sites (N-methyl/N-ethyl adjacent to an activating group) is 1. The first-order valence-electron chi connectivity index (χ1n) is 11.8. The lowest BCUT2D eigenvalue weighted by Crippen LogP contribution is -2.23. The van der Waals surface area contributed by atoms with Gasteiger partial charge >= 0.3 is 0 Å². The van der Waals surface area contributed by atoms with Gasteiger partial charge in [0.1, 0.15) is 5.84 Å². The van der Waals surface area contributed by atoms with Gasteiger partial charge in [-0.15, -0.1) is 0 Å². The molecule has 0 atom stereocenters. The Bertz CT molecular complexity index is 1070. The maximum absolute atomic E-state index is 6.09. The van der Waals surface area contributed by atoms with Crippen molar-refractivity contribution in [1.82, 2.24) is 14.9 Å². The number of aliphatic imine (C=N–C) groups is 1. The van der Waals surface area contributed by atoms with Crippen molar-refractivity contribution in [1.29, 1.82) is 0 Å². The maximum atomic E-state index is 6.09. The zero-order valence-electron chi connectivity index (χ0n) is 20.6. The molecule has 34 heavy (non-hydrogen) atoms. The van der Waals surface area contributed by atoms with Crippen molar-refractivity contribution < 1.29 is 4.74 Å². The molecule has 0 fully saturated rings. The van der Waals surface area contributed by atoms with E-state index in [1.165, 1.54) is 5.56 Å². The summed E-state index contributed by atoms with van der Waals surface area (Å²) in [5, 5.41) is 3.34. The van der Waals surface area contributed by atoms with Gasteiger partial charge in [0, 0.05) is 55.5 Å². The van der Waals surface area contributed by atoms with Gasteiger partial charge in [0.05, 0.1) is 5.69 Å². The van der Waals surface area contributed by atoms with E-state index in [2.05, 4.69) is 63.9 Å². The summed E-state index contributed by atoms with van der Waals surface area (Å²) in [6, 6.07) is 8.31. The van der Waals surface area contributed by atoms with Gasteiger partial charge in [-0.25, -0.2) is 15.0 Å². The van der Waals surface area contributed by atoms with Crippen LogP contribution in [0, 0.1) is 6.92 Å². The zero-order chi connectivity index (χ0) is 24.3. The number of aromatic nitrogens is 2. The molecule has 0 radical (unpaired) electrons. The number of hydrogen-bond acceptors (Lipinski definition) is 7. The molecule has 0 spiro atoms. The summed E-state index contributed by atoms with van der Waals surface area (Å²) in [5.74, 6) is 0.963. The molecule has 2 aromatic rings. The molecule has 3 N–H and O–H groups in total. The number of allylic oxidation sites excluding steroid dienone is 2. The minimum absolute atomic E-state index is 0.443. The van der Waals surface area contributed by atoms with Gasteiger partial charge in [-0.05, 0) is 63.4 Å². The van der Waals surface area contributed by atoms with E-state index in [0.717, 1.165) is 68.0 Å². The summed E-state index contributed by atoms with van der Waals surface area (Å²) in [6.45, 7) is 12.0. The fraction of sp³-hybridized carbons (Fsp3) is 0.370. The van der Waals surface area contributed by atoms with Gasteiger partial charge in [-0.1, -0.05) is 30.9 Å². The summed E-state index contributed by atoms with van der Waals surface area (Å²) < 4.78 is 5.42. The Morgan fingerprint density at radius 2 is 2.12 bits per heavy atom. The first-order chi connectivity index (χ1) is 16.5. The molecule has 0 saturated carbocycles. The number of amidine groups is 1. The predicted octanol–water partition coefficient (Wildman–Crippen LogP) is 4.64. The molecule has 3 rings (SSSR count). The molecule has 1 aromatic carbocycles. The average molecular weight is 461 g/mol. The van der Waals surface area contributed by atoms with Crippen LogP contribution in [-0.4, -0.2) is 54.1 Å². The number of hydrogen-bond donors (Lipinski definition) is 2. The molecule has 2 heterocycles. The summed E-state index contributed by atoms with van der Waals surface area (Å²) in [7, 11) is 2.16. The molecule has 0 bridgehead atoms. The minimum atomic E-state index is 0.443. The second kappa shape index (κ2) is 12.8. The normalized spacial score (nSPS) is 13.4. The summed E-state index contributed by atoms with van der Waals surface area (Å²) in [5.41, 5.74) is 11.8. The van der Waals surface area contributed by atoms with Crippen LogP contribution in [0.1, 0.15) is 36.6 Å². The van der Waals surface area contributed by atoms with E-state index in [1.807, 2.05) is 25.1 Å². The SMILES string of the molecule is C=C(C1=CCC=CN=C1N)c1ccnc(Nc2ccc(CCN(C)CCCOCC)cc2C)n1. The largest absolute Gasteiger partial charge is 0.383 e. The lowest BCUT2D eigenvalue weighted by Gasteiger charge is -2.17. The predicted molar refractivity (Wildman–Crippen MR) is 141 cm³/mol. The first kappa shape index (κ1) is 25.3. The maximum Gasteiger partial charge on any atom is 0.227 e. The second-order valence-corrected chi connectivity index (χ2v) is 8.37. The number of anilines is 2. The molecule has 0 amide bonds. The number of benzene rings is 1. The van der Waals surface area contributed by atoms with Crippen LogP contribution in [-0.2, 0) is 11.2 Å². The van der Waals surface area contributed by atoms with Gasteiger partial charge < -0.3 is 20.7 Å². The Labute approximate surface area is 203 Å². The van der Waals surface area contributed by atoms with Crippen LogP contribution >= 0.6 is 0 Å². The van der Waals surface area contributed by atoms with Crippen molar-refractivity contribution >= 4 is 23.0 Å². The number of rotatable bonds is 12. The van der Waals surface area contributed by atoms with E-state index >= 15 is 0 Å². The zero-order valence-corrected chi connectivity index (χ0v) is 20.6. The van der Waals surface area contributed by atoms with Crippen LogP contribution < -0.4 is 11.1 Å². The number of nitrogens with one attached hydrogen (secondary N) is 1. The molecule has 1 aliphatic rings. The van der Waals surface area contributed by atoms with Crippen molar-refractivity contribution in [2.45, 2.75) is 33.1 Å². The van der Waals surface area contributed by atoms with Crippen LogP contribution in [0.2, 0.25) is 0 Å². The quantitative estimate of drug-likeness (QED) is 0.449. The van der Waals surface area contributed by atoms with E-state index < -0.39 is 0 Å². The highest BCUT2D eigenvalue weighted by molar-refractivity contribution is 6.10. The molecule has 0 unspecified atom stereocenters. The van der Waals surface area contributed by atoms with Crippen molar-refractivity contribution in [2.24, 2.45) is 10.7 Å². The van der Waals surface area contributed by atoms with Crippen LogP contribution in [0.15, 0.2) is 66.0 Å². The molecule has 1 aromatic heterocycles. The van der Waals surface area contributed by atoms with Crippen molar-refractivity contribution in [3.05, 3.63) is 77.8 Å². The Morgan fingerprint density at radius 3 is 2.91 bits per heavy atom. The van der Waals surface area contributed by atoms with E-state index in [-0.39, 0.29) is 0 Å². The first-order valence-corrected chi connectivity index (χ1v) is 11.8. The third kappa shape index (κ3) is 7.37. The Kier molecular flexibility index (Phi) is 9.55. The number of ether oxygens (including phenoxy) is 1. The summed E-state index contributed by atoms with van der Waals surface area (Å²) >= 11 is 0. The Balaban J connectivity index is 1.61. The summed E-state index contributed by atoms with van der Waals surface area (Å²) in [6.07, 6.45) is 10.2. The lowest BCUT2D eigenvalue weighted by molar-refractivity contribution is 0.136. The van der Waals surface area contributed by atoms with Crippen molar-refractivity contribution in [3.8, 4) is 0 Å². The smallest absolute Gasteiger partial charge is 0.227 e. The highest BCUT2D eigenvalue weighted by atomic mass is 16.5.